The van der Waals surface area contributed by atoms with Crippen molar-refractivity contribution in [3.63, 3.8) is 0 Å². The normalized spacial score (nSPS) is 30.8. The number of nitrogens with zero attached hydrogens (tertiary/aromatic N) is 2. The molecule has 1 heterocycles. The van der Waals surface area contributed by atoms with Crippen LogP contribution in [0.4, 0.5) is 0 Å². The molecule has 4 heteroatoms. The van der Waals surface area contributed by atoms with Gasteiger partial charge in [-0.15, -0.1) is 0 Å². The largest absolute Gasteiger partial charge is 0.336 e. The number of hydrogen-bond donors (Lipinski definition) is 2. The molecule has 1 aliphatic carbocycles. The predicted octanol–water partition coefficient (Wildman–Crippen LogP) is 2.40. The van der Waals surface area contributed by atoms with Gasteiger partial charge >= 0.3 is 0 Å². The molecule has 1 saturated carbocycles. The van der Waals surface area contributed by atoms with Crippen LogP contribution in [0.3, 0.4) is 0 Å². The van der Waals surface area contributed by atoms with Crippen molar-refractivity contribution in [2.75, 3.05) is 0 Å². The minimum absolute atomic E-state index is 0.482. The molecule has 0 spiro atoms. The Bertz CT molecular complexity index is 284. The fourth-order valence-electron chi connectivity index (χ4n) is 3.42. The van der Waals surface area contributed by atoms with Crippen molar-refractivity contribution in [1.82, 2.24) is 10.3 Å². The number of rotatable bonds is 2. The zero-order valence-corrected chi connectivity index (χ0v) is 11.9. The van der Waals surface area contributed by atoms with E-state index in [-0.39, 0.29) is 0 Å². The fourth-order valence-corrected chi connectivity index (χ4v) is 3.42. The lowest BCUT2D eigenvalue weighted by molar-refractivity contribution is 0.305. The van der Waals surface area contributed by atoms with E-state index in [1.807, 2.05) is 0 Å². The minimum Gasteiger partial charge on any atom is -0.336 e. The lowest BCUT2D eigenvalue weighted by Gasteiger charge is -2.32. The number of guanidine groups is 1. The van der Waals surface area contributed by atoms with Crippen LogP contribution in [0.15, 0.2) is 4.99 Å². The molecule has 1 aliphatic heterocycles. The Morgan fingerprint density at radius 3 is 2.56 bits per heavy atom. The highest BCUT2D eigenvalue weighted by Crippen LogP contribution is 2.27. The van der Waals surface area contributed by atoms with Crippen LogP contribution < -0.4 is 11.3 Å². The molecule has 0 aromatic rings. The maximum atomic E-state index is 5.73. The van der Waals surface area contributed by atoms with Gasteiger partial charge < -0.3 is 4.90 Å². The van der Waals surface area contributed by atoms with Gasteiger partial charge in [-0.05, 0) is 39.0 Å². The second kappa shape index (κ2) is 6.41. The van der Waals surface area contributed by atoms with E-state index in [0.29, 0.717) is 18.1 Å². The van der Waals surface area contributed by atoms with E-state index in [1.54, 1.807) is 0 Å². The zero-order chi connectivity index (χ0) is 13.0. The van der Waals surface area contributed by atoms with Crippen molar-refractivity contribution in [3.05, 3.63) is 0 Å². The molecule has 4 nitrogen and oxygen atoms in total. The molecule has 0 aromatic carbocycles. The number of likely N-dealkylation sites (tertiary alicyclic amines) is 1. The maximum Gasteiger partial charge on any atom is 0.209 e. The Morgan fingerprint density at radius 1 is 1.22 bits per heavy atom. The first kappa shape index (κ1) is 13.7. The smallest absolute Gasteiger partial charge is 0.209 e. The number of nitrogens with one attached hydrogen (secondary N) is 1. The molecule has 2 aliphatic rings. The standard InChI is InChI=1S/C14H28N4/c1-3-13-10-9-11(2)18(13)14(17-15)16-12-7-5-4-6-8-12/h11-13H,3-10,15H2,1-2H3,(H,16,17). The Kier molecular flexibility index (Phi) is 4.87. The van der Waals surface area contributed by atoms with Crippen LogP contribution in [0, 0.1) is 0 Å². The van der Waals surface area contributed by atoms with Crippen molar-refractivity contribution in [3.8, 4) is 0 Å². The van der Waals surface area contributed by atoms with Crippen LogP contribution in [-0.2, 0) is 0 Å². The molecule has 2 fully saturated rings. The highest BCUT2D eigenvalue weighted by atomic mass is 15.4. The van der Waals surface area contributed by atoms with Gasteiger partial charge in [-0.2, -0.15) is 0 Å². The number of aliphatic imine (C=N–C) groups is 1. The average Bonchev–Trinajstić information content (AvgIpc) is 2.78. The third-order valence-electron chi connectivity index (χ3n) is 4.51. The van der Waals surface area contributed by atoms with Gasteiger partial charge in [0.2, 0.25) is 5.96 Å². The molecule has 18 heavy (non-hydrogen) atoms. The summed E-state index contributed by atoms with van der Waals surface area (Å²) in [5.41, 5.74) is 2.86. The van der Waals surface area contributed by atoms with Crippen molar-refractivity contribution < 1.29 is 0 Å². The summed E-state index contributed by atoms with van der Waals surface area (Å²) >= 11 is 0. The van der Waals surface area contributed by atoms with Gasteiger partial charge in [-0.1, -0.05) is 26.2 Å². The Labute approximate surface area is 111 Å². The van der Waals surface area contributed by atoms with E-state index in [4.69, 9.17) is 10.8 Å². The Hall–Kier alpha value is -0.770. The Morgan fingerprint density at radius 2 is 1.94 bits per heavy atom. The highest BCUT2D eigenvalue weighted by molar-refractivity contribution is 5.80. The topological polar surface area (TPSA) is 53.6 Å². The van der Waals surface area contributed by atoms with E-state index in [0.717, 1.165) is 5.96 Å². The molecular weight excluding hydrogens is 224 g/mol. The monoisotopic (exact) mass is 252 g/mol. The van der Waals surface area contributed by atoms with Gasteiger partial charge in [0.1, 0.15) is 0 Å². The van der Waals surface area contributed by atoms with Crippen LogP contribution in [0.25, 0.3) is 0 Å². The lowest BCUT2D eigenvalue weighted by Crippen LogP contribution is -2.50. The first-order valence-electron chi connectivity index (χ1n) is 7.59. The van der Waals surface area contributed by atoms with E-state index < -0.39 is 0 Å². The van der Waals surface area contributed by atoms with Crippen molar-refractivity contribution in [1.29, 1.82) is 0 Å². The molecule has 0 aromatic heterocycles. The van der Waals surface area contributed by atoms with Crippen LogP contribution in [0.2, 0.25) is 0 Å². The van der Waals surface area contributed by atoms with Gasteiger partial charge in [0.05, 0.1) is 6.04 Å². The SMILES string of the molecule is CCC1CCC(C)N1C(=NC1CCCCC1)NN. The number of hydrazine groups is 1. The van der Waals surface area contributed by atoms with Crippen LogP contribution in [0.1, 0.15) is 65.2 Å². The molecule has 0 amide bonds. The number of nitrogens with two attached hydrogens (primary N) is 1. The van der Waals surface area contributed by atoms with Gasteiger partial charge in [0.25, 0.3) is 0 Å². The second-order valence-corrected chi connectivity index (χ2v) is 5.78. The summed E-state index contributed by atoms with van der Waals surface area (Å²) in [5, 5.41) is 0. The average molecular weight is 252 g/mol. The lowest BCUT2D eigenvalue weighted by atomic mass is 9.96. The molecule has 0 bridgehead atoms. The number of hydrogen-bond acceptors (Lipinski definition) is 2. The molecular formula is C14H28N4. The van der Waals surface area contributed by atoms with Crippen molar-refractivity contribution >= 4 is 5.96 Å². The summed E-state index contributed by atoms with van der Waals surface area (Å²) in [5.74, 6) is 6.66. The molecule has 2 unspecified atom stereocenters. The first-order valence-corrected chi connectivity index (χ1v) is 7.59. The van der Waals surface area contributed by atoms with E-state index >= 15 is 0 Å². The van der Waals surface area contributed by atoms with Gasteiger partial charge in [-0.25, -0.2) is 10.8 Å². The van der Waals surface area contributed by atoms with Gasteiger partial charge in [0.15, 0.2) is 0 Å². The summed E-state index contributed by atoms with van der Waals surface area (Å²) in [4.78, 5) is 7.30. The molecule has 2 rings (SSSR count). The fraction of sp³-hybridized carbons (Fsp3) is 0.929. The summed E-state index contributed by atoms with van der Waals surface area (Å²) in [6.07, 6.45) is 10.2. The third-order valence-corrected chi connectivity index (χ3v) is 4.51. The van der Waals surface area contributed by atoms with E-state index in [9.17, 15) is 0 Å². The summed E-state index contributed by atoms with van der Waals surface area (Å²) in [6.45, 7) is 4.54. The molecule has 1 saturated heterocycles. The highest BCUT2D eigenvalue weighted by Gasteiger charge is 2.32. The van der Waals surface area contributed by atoms with Gasteiger partial charge in [-0.3, -0.25) is 5.43 Å². The minimum atomic E-state index is 0.482. The van der Waals surface area contributed by atoms with Crippen LogP contribution >= 0.6 is 0 Å². The third kappa shape index (κ3) is 2.97. The maximum absolute atomic E-state index is 5.73. The molecule has 104 valence electrons. The zero-order valence-electron chi connectivity index (χ0n) is 11.9. The molecule has 3 N–H and O–H groups in total. The summed E-state index contributed by atoms with van der Waals surface area (Å²) < 4.78 is 0. The summed E-state index contributed by atoms with van der Waals surface area (Å²) in [7, 11) is 0. The molecule has 0 radical (unpaired) electrons. The van der Waals surface area contributed by atoms with Crippen LogP contribution in [-0.4, -0.2) is 29.0 Å². The quantitative estimate of drug-likeness (QED) is 0.343. The van der Waals surface area contributed by atoms with Gasteiger partial charge in [0, 0.05) is 12.1 Å². The predicted molar refractivity (Wildman–Crippen MR) is 76.2 cm³/mol. The van der Waals surface area contributed by atoms with Crippen molar-refractivity contribution in [2.24, 2.45) is 10.8 Å². The summed E-state index contributed by atoms with van der Waals surface area (Å²) in [6, 6.07) is 1.65. The Balaban J connectivity index is 2.08. The van der Waals surface area contributed by atoms with Crippen molar-refractivity contribution in [2.45, 2.75) is 83.3 Å². The van der Waals surface area contributed by atoms with Crippen LogP contribution in [0.5, 0.6) is 0 Å². The first-order chi connectivity index (χ1) is 8.76. The molecule has 2 atom stereocenters. The van der Waals surface area contributed by atoms with E-state index in [2.05, 4.69) is 24.2 Å². The van der Waals surface area contributed by atoms with E-state index in [1.165, 1.54) is 51.4 Å². The second-order valence-electron chi connectivity index (χ2n) is 5.78.